The smallest absolute Gasteiger partial charge is 0.326 e. The van der Waals surface area contributed by atoms with Crippen molar-refractivity contribution in [1.82, 2.24) is 5.32 Å². The van der Waals surface area contributed by atoms with E-state index in [0.717, 1.165) is 12.8 Å². The maximum absolute atomic E-state index is 13.4. The molecule has 4 nitrogen and oxygen atoms in total. The first-order valence-corrected chi connectivity index (χ1v) is 7.94. The predicted octanol–water partition coefficient (Wildman–Crippen LogP) is 2.68. The van der Waals surface area contributed by atoms with E-state index in [9.17, 15) is 14.0 Å². The van der Waals surface area contributed by atoms with Gasteiger partial charge in [0.05, 0.1) is 0 Å². The van der Waals surface area contributed by atoms with Crippen LogP contribution in [0.3, 0.4) is 0 Å². The Hall–Kier alpha value is -1.56. The molecule has 1 fully saturated rings. The predicted molar refractivity (Wildman–Crippen MR) is 78.6 cm³/mol. The van der Waals surface area contributed by atoms with Gasteiger partial charge in [-0.2, -0.15) is 0 Å². The van der Waals surface area contributed by atoms with Crippen molar-refractivity contribution in [2.45, 2.75) is 36.6 Å². The van der Waals surface area contributed by atoms with Crippen molar-refractivity contribution in [3.63, 3.8) is 0 Å². The summed E-state index contributed by atoms with van der Waals surface area (Å²) in [6.07, 6.45) is 2.76. The fourth-order valence-corrected chi connectivity index (χ4v) is 2.88. The van der Waals surface area contributed by atoms with E-state index < -0.39 is 12.0 Å². The second-order valence-corrected chi connectivity index (χ2v) is 6.30. The molecule has 1 unspecified atom stereocenters. The van der Waals surface area contributed by atoms with Crippen molar-refractivity contribution in [2.24, 2.45) is 5.92 Å². The van der Waals surface area contributed by atoms with Crippen LogP contribution in [0.2, 0.25) is 0 Å². The molecule has 1 amide bonds. The van der Waals surface area contributed by atoms with Crippen LogP contribution < -0.4 is 5.32 Å². The van der Waals surface area contributed by atoms with E-state index in [-0.39, 0.29) is 18.1 Å². The number of rotatable bonds is 8. The van der Waals surface area contributed by atoms with E-state index in [0.29, 0.717) is 23.0 Å². The zero-order chi connectivity index (χ0) is 15.2. The molecule has 0 aliphatic heterocycles. The lowest BCUT2D eigenvalue weighted by atomic mass is 10.1. The van der Waals surface area contributed by atoms with Gasteiger partial charge >= 0.3 is 5.97 Å². The summed E-state index contributed by atoms with van der Waals surface area (Å²) in [5, 5.41) is 11.6. The average Bonchev–Trinajstić information content (AvgIpc) is 3.24. The summed E-state index contributed by atoms with van der Waals surface area (Å²) in [7, 11) is 0. The number of benzene rings is 1. The number of aliphatic carboxylic acids is 1. The molecule has 1 atom stereocenters. The third-order valence-electron chi connectivity index (χ3n) is 3.32. The average molecular weight is 311 g/mol. The van der Waals surface area contributed by atoms with Gasteiger partial charge in [0.1, 0.15) is 11.9 Å². The van der Waals surface area contributed by atoms with E-state index in [1.54, 1.807) is 18.2 Å². The maximum atomic E-state index is 13.4. The van der Waals surface area contributed by atoms with E-state index in [2.05, 4.69) is 5.32 Å². The Balaban J connectivity index is 1.73. The molecule has 1 aromatic rings. The summed E-state index contributed by atoms with van der Waals surface area (Å²) in [5.41, 5.74) is 0. The summed E-state index contributed by atoms with van der Waals surface area (Å²) in [4.78, 5) is 23.3. The number of carbonyl (C=O) groups is 2. The van der Waals surface area contributed by atoms with Crippen LogP contribution in [0.5, 0.6) is 0 Å². The molecule has 0 saturated heterocycles. The summed E-state index contributed by atoms with van der Waals surface area (Å²) >= 11 is 1.25. The van der Waals surface area contributed by atoms with E-state index in [1.165, 1.54) is 17.8 Å². The molecule has 2 N–H and O–H groups in total. The van der Waals surface area contributed by atoms with Gasteiger partial charge < -0.3 is 10.4 Å². The molecular formula is C15H18FNO3S. The number of carbonyl (C=O) groups excluding carboxylic acids is 1. The maximum Gasteiger partial charge on any atom is 0.326 e. The van der Waals surface area contributed by atoms with Crippen LogP contribution in [-0.4, -0.2) is 28.8 Å². The monoisotopic (exact) mass is 311 g/mol. The summed E-state index contributed by atoms with van der Waals surface area (Å²) < 4.78 is 13.4. The van der Waals surface area contributed by atoms with Crippen molar-refractivity contribution >= 4 is 23.6 Å². The minimum absolute atomic E-state index is 0.174. The highest BCUT2D eigenvalue weighted by Crippen LogP contribution is 2.33. The molecule has 0 spiro atoms. The van der Waals surface area contributed by atoms with Gasteiger partial charge in [-0.05, 0) is 24.5 Å². The molecule has 6 heteroatoms. The Kier molecular flexibility index (Phi) is 5.61. The van der Waals surface area contributed by atoms with Crippen molar-refractivity contribution in [1.29, 1.82) is 0 Å². The topological polar surface area (TPSA) is 66.4 Å². The Morgan fingerprint density at radius 3 is 2.71 bits per heavy atom. The van der Waals surface area contributed by atoms with Gasteiger partial charge in [-0.3, -0.25) is 4.79 Å². The third kappa shape index (κ3) is 5.38. The molecule has 0 radical (unpaired) electrons. The van der Waals surface area contributed by atoms with Crippen LogP contribution >= 0.6 is 11.8 Å². The van der Waals surface area contributed by atoms with Gasteiger partial charge in [0.15, 0.2) is 0 Å². The van der Waals surface area contributed by atoms with Crippen LogP contribution in [0.1, 0.15) is 25.7 Å². The summed E-state index contributed by atoms with van der Waals surface area (Å²) in [6.45, 7) is 0. The van der Waals surface area contributed by atoms with Crippen molar-refractivity contribution in [2.75, 3.05) is 5.75 Å². The normalized spacial score (nSPS) is 15.5. The molecule has 1 saturated carbocycles. The second kappa shape index (κ2) is 7.45. The first-order valence-electron chi connectivity index (χ1n) is 6.95. The first-order chi connectivity index (χ1) is 10.1. The molecule has 1 aliphatic carbocycles. The Bertz CT molecular complexity index is 519. The number of thioether (sulfide) groups is 1. The molecular weight excluding hydrogens is 293 g/mol. The van der Waals surface area contributed by atoms with Gasteiger partial charge in [0.25, 0.3) is 0 Å². The van der Waals surface area contributed by atoms with Crippen LogP contribution in [0.25, 0.3) is 0 Å². The number of nitrogens with one attached hydrogen (secondary N) is 1. The van der Waals surface area contributed by atoms with Gasteiger partial charge in [-0.1, -0.05) is 25.0 Å². The number of hydrogen-bond donors (Lipinski definition) is 2. The SMILES string of the molecule is O=C(CCSc1ccccc1F)NC(CC1CC1)C(=O)O. The lowest BCUT2D eigenvalue weighted by Gasteiger charge is -2.13. The van der Waals surface area contributed by atoms with Gasteiger partial charge in [0, 0.05) is 17.1 Å². The molecule has 1 aliphatic rings. The van der Waals surface area contributed by atoms with Crippen LogP contribution in [-0.2, 0) is 9.59 Å². The van der Waals surface area contributed by atoms with Crippen molar-refractivity contribution in [3.05, 3.63) is 30.1 Å². The zero-order valence-electron chi connectivity index (χ0n) is 11.5. The molecule has 21 heavy (non-hydrogen) atoms. The highest BCUT2D eigenvalue weighted by Gasteiger charge is 2.29. The van der Waals surface area contributed by atoms with Gasteiger partial charge in [-0.15, -0.1) is 11.8 Å². The summed E-state index contributed by atoms with van der Waals surface area (Å²) in [6, 6.07) is 5.58. The quantitative estimate of drug-likeness (QED) is 0.724. The fraction of sp³-hybridized carbons (Fsp3) is 0.467. The molecule has 0 aromatic heterocycles. The van der Waals surface area contributed by atoms with E-state index >= 15 is 0 Å². The lowest BCUT2D eigenvalue weighted by Crippen LogP contribution is -2.41. The fourth-order valence-electron chi connectivity index (χ4n) is 1.99. The summed E-state index contributed by atoms with van der Waals surface area (Å²) in [5.74, 6) is -0.745. The Morgan fingerprint density at radius 1 is 1.38 bits per heavy atom. The number of hydrogen-bond acceptors (Lipinski definition) is 3. The van der Waals surface area contributed by atoms with Crippen LogP contribution in [0.15, 0.2) is 29.2 Å². The minimum Gasteiger partial charge on any atom is -0.480 e. The Morgan fingerprint density at radius 2 is 2.10 bits per heavy atom. The van der Waals surface area contributed by atoms with E-state index in [4.69, 9.17) is 5.11 Å². The molecule has 0 bridgehead atoms. The highest BCUT2D eigenvalue weighted by atomic mass is 32.2. The number of carboxylic acids is 1. The number of amides is 1. The molecule has 2 rings (SSSR count). The standard InChI is InChI=1S/C15H18FNO3S/c16-11-3-1-2-4-13(11)21-8-7-14(18)17-12(15(19)20)9-10-5-6-10/h1-4,10,12H,5-9H2,(H,17,18)(H,19,20). The van der Waals surface area contributed by atoms with Gasteiger partial charge in [0.2, 0.25) is 5.91 Å². The number of carboxylic acid groups (broad SMARTS) is 1. The van der Waals surface area contributed by atoms with Crippen molar-refractivity contribution in [3.8, 4) is 0 Å². The minimum atomic E-state index is -0.989. The van der Waals surface area contributed by atoms with Crippen LogP contribution in [0, 0.1) is 11.7 Å². The van der Waals surface area contributed by atoms with Crippen molar-refractivity contribution < 1.29 is 19.1 Å². The highest BCUT2D eigenvalue weighted by molar-refractivity contribution is 7.99. The largest absolute Gasteiger partial charge is 0.480 e. The zero-order valence-corrected chi connectivity index (χ0v) is 12.4. The van der Waals surface area contributed by atoms with Gasteiger partial charge in [-0.25, -0.2) is 9.18 Å². The number of halogens is 1. The first kappa shape index (κ1) is 15.8. The molecule has 114 valence electrons. The third-order valence-corrected chi connectivity index (χ3v) is 4.37. The lowest BCUT2D eigenvalue weighted by molar-refractivity contribution is -0.142. The van der Waals surface area contributed by atoms with Crippen LogP contribution in [0.4, 0.5) is 4.39 Å². The second-order valence-electron chi connectivity index (χ2n) is 5.17. The van der Waals surface area contributed by atoms with E-state index in [1.807, 2.05) is 0 Å². The molecule has 1 aromatic carbocycles. The Labute approximate surface area is 127 Å². The molecule has 0 heterocycles.